The Hall–Kier alpha value is -0.980. The molecule has 0 aromatic heterocycles. The topological polar surface area (TPSA) is 9.23 Å². The maximum atomic E-state index is 5.52. The molecule has 0 aliphatic carbocycles. The Morgan fingerprint density at radius 3 is 2.92 bits per heavy atom. The molecule has 0 saturated carbocycles. The first-order chi connectivity index (χ1) is 5.74. The molecule has 0 amide bonds. The fourth-order valence-electron chi connectivity index (χ4n) is 1.20. The van der Waals surface area contributed by atoms with Gasteiger partial charge in [-0.3, -0.25) is 0 Å². The van der Waals surface area contributed by atoms with Crippen LogP contribution >= 0.6 is 0 Å². The van der Waals surface area contributed by atoms with Crippen molar-refractivity contribution in [3.8, 4) is 0 Å². The second-order valence-corrected chi connectivity index (χ2v) is 3.19. The zero-order valence-electron chi connectivity index (χ0n) is 7.89. The quantitative estimate of drug-likeness (QED) is 0.569. The Labute approximate surface area is 74.4 Å². The lowest BCUT2D eigenvalue weighted by Crippen LogP contribution is -2.03. The lowest BCUT2D eigenvalue weighted by atomic mass is 10.1. The van der Waals surface area contributed by atoms with E-state index < -0.39 is 0 Å². The zero-order valence-corrected chi connectivity index (χ0v) is 7.89. The molecule has 12 heavy (non-hydrogen) atoms. The Bertz CT molecular complexity index is 233. The van der Waals surface area contributed by atoms with E-state index >= 15 is 0 Å². The fourth-order valence-corrected chi connectivity index (χ4v) is 1.20. The van der Waals surface area contributed by atoms with Crippen molar-refractivity contribution in [1.29, 1.82) is 0 Å². The molecule has 0 radical (unpaired) electrons. The highest BCUT2D eigenvalue weighted by Crippen LogP contribution is 2.20. The maximum absolute atomic E-state index is 5.52. The molecule has 0 saturated heterocycles. The molecule has 0 aromatic carbocycles. The first-order valence-electron chi connectivity index (χ1n) is 4.37. The summed E-state index contributed by atoms with van der Waals surface area (Å²) in [6, 6.07) is 0. The molecular weight excluding hydrogens is 148 g/mol. The van der Waals surface area contributed by atoms with Crippen molar-refractivity contribution in [1.82, 2.24) is 0 Å². The predicted molar refractivity (Wildman–Crippen MR) is 51.8 cm³/mol. The second kappa shape index (κ2) is 4.15. The first kappa shape index (κ1) is 9.11. The van der Waals surface area contributed by atoms with Gasteiger partial charge in [-0.25, -0.2) is 0 Å². The van der Waals surface area contributed by atoms with Crippen LogP contribution in [-0.4, -0.2) is 6.61 Å². The van der Waals surface area contributed by atoms with E-state index in [2.05, 4.69) is 19.6 Å². The predicted octanol–water partition coefficient (Wildman–Crippen LogP) is 3.20. The molecule has 1 rings (SSSR count). The summed E-state index contributed by atoms with van der Waals surface area (Å²) in [5.41, 5.74) is 2.51. The summed E-state index contributed by atoms with van der Waals surface area (Å²) >= 11 is 0. The van der Waals surface area contributed by atoms with Crippen LogP contribution < -0.4 is 0 Å². The van der Waals surface area contributed by atoms with Crippen molar-refractivity contribution in [2.45, 2.75) is 26.7 Å². The van der Waals surface area contributed by atoms with Gasteiger partial charge in [0.1, 0.15) is 5.76 Å². The molecule has 1 heterocycles. The van der Waals surface area contributed by atoms with Crippen molar-refractivity contribution < 1.29 is 4.74 Å². The third-order valence-electron chi connectivity index (χ3n) is 2.06. The van der Waals surface area contributed by atoms with Crippen LogP contribution in [0.1, 0.15) is 26.7 Å². The molecule has 0 bridgehead atoms. The third kappa shape index (κ3) is 2.26. The summed E-state index contributed by atoms with van der Waals surface area (Å²) in [5.74, 6) is 1.04. The zero-order chi connectivity index (χ0) is 8.97. The van der Waals surface area contributed by atoms with Gasteiger partial charge in [-0.15, -0.1) is 0 Å². The first-order valence-corrected chi connectivity index (χ1v) is 4.37. The molecule has 1 heteroatoms. The van der Waals surface area contributed by atoms with E-state index in [0.29, 0.717) is 0 Å². The van der Waals surface area contributed by atoms with Gasteiger partial charge in [0.2, 0.25) is 0 Å². The molecule has 0 unspecified atom stereocenters. The van der Waals surface area contributed by atoms with Gasteiger partial charge in [-0.05, 0) is 43.9 Å². The molecular formula is C11H16O. The van der Waals surface area contributed by atoms with Gasteiger partial charge in [0.05, 0.1) is 6.61 Å². The number of ether oxygens (including phenoxy) is 1. The molecule has 66 valence electrons. The van der Waals surface area contributed by atoms with Gasteiger partial charge in [0, 0.05) is 0 Å². The normalized spacial score (nSPS) is 19.0. The van der Waals surface area contributed by atoms with Crippen LogP contribution in [0.3, 0.4) is 0 Å². The van der Waals surface area contributed by atoms with E-state index in [1.54, 1.807) is 0 Å². The van der Waals surface area contributed by atoms with Crippen LogP contribution in [-0.2, 0) is 4.74 Å². The standard InChI is InChI=1S/C11H16O/c1-4-9(2)8-11-10(3)6-5-7-12-11/h4,8H,1,5-7H2,2-3H3/b9-8-. The highest BCUT2D eigenvalue weighted by molar-refractivity contribution is 5.28. The van der Waals surface area contributed by atoms with Crippen LogP contribution in [0.25, 0.3) is 0 Å². The molecule has 0 N–H and O–H groups in total. The van der Waals surface area contributed by atoms with E-state index in [0.717, 1.165) is 30.8 Å². The van der Waals surface area contributed by atoms with Gasteiger partial charge in [-0.1, -0.05) is 12.7 Å². The van der Waals surface area contributed by atoms with Crippen molar-refractivity contribution in [3.05, 3.63) is 35.6 Å². The Balaban J connectivity index is 2.78. The molecule has 1 aliphatic heterocycles. The van der Waals surface area contributed by atoms with E-state index in [1.807, 2.05) is 13.0 Å². The van der Waals surface area contributed by atoms with Gasteiger partial charge in [0.25, 0.3) is 0 Å². The smallest absolute Gasteiger partial charge is 0.118 e. The average Bonchev–Trinajstić information content (AvgIpc) is 2.09. The van der Waals surface area contributed by atoms with Crippen LogP contribution in [0, 0.1) is 0 Å². The number of allylic oxidation sites excluding steroid dienone is 4. The Kier molecular flexibility index (Phi) is 3.15. The highest BCUT2D eigenvalue weighted by Gasteiger charge is 2.07. The number of rotatable bonds is 2. The van der Waals surface area contributed by atoms with Crippen molar-refractivity contribution >= 4 is 0 Å². The van der Waals surface area contributed by atoms with E-state index in [1.165, 1.54) is 5.57 Å². The molecule has 0 fully saturated rings. The number of hydrogen-bond donors (Lipinski definition) is 0. The molecule has 0 spiro atoms. The van der Waals surface area contributed by atoms with Crippen LogP contribution in [0.5, 0.6) is 0 Å². The fraction of sp³-hybridized carbons (Fsp3) is 0.455. The van der Waals surface area contributed by atoms with Crippen molar-refractivity contribution in [2.75, 3.05) is 6.61 Å². The Morgan fingerprint density at radius 1 is 1.58 bits per heavy atom. The van der Waals surface area contributed by atoms with Gasteiger partial charge in [0.15, 0.2) is 0 Å². The summed E-state index contributed by atoms with van der Waals surface area (Å²) < 4.78 is 5.52. The molecule has 1 aliphatic rings. The molecule has 0 atom stereocenters. The number of hydrogen-bond acceptors (Lipinski definition) is 1. The summed E-state index contributed by atoms with van der Waals surface area (Å²) in [4.78, 5) is 0. The van der Waals surface area contributed by atoms with Gasteiger partial charge in [-0.2, -0.15) is 0 Å². The van der Waals surface area contributed by atoms with Crippen LogP contribution in [0.15, 0.2) is 35.6 Å². The second-order valence-electron chi connectivity index (χ2n) is 3.19. The van der Waals surface area contributed by atoms with E-state index in [9.17, 15) is 0 Å². The lowest BCUT2D eigenvalue weighted by molar-refractivity contribution is 0.199. The van der Waals surface area contributed by atoms with Gasteiger partial charge < -0.3 is 4.74 Å². The minimum absolute atomic E-state index is 0.855. The average molecular weight is 164 g/mol. The monoisotopic (exact) mass is 164 g/mol. The molecule has 1 nitrogen and oxygen atoms in total. The highest BCUT2D eigenvalue weighted by atomic mass is 16.5. The van der Waals surface area contributed by atoms with Gasteiger partial charge >= 0.3 is 0 Å². The van der Waals surface area contributed by atoms with E-state index in [4.69, 9.17) is 4.74 Å². The Morgan fingerprint density at radius 2 is 2.33 bits per heavy atom. The molecule has 0 aromatic rings. The minimum Gasteiger partial charge on any atom is -0.494 e. The van der Waals surface area contributed by atoms with Crippen molar-refractivity contribution in [3.63, 3.8) is 0 Å². The summed E-state index contributed by atoms with van der Waals surface area (Å²) in [7, 11) is 0. The summed E-state index contributed by atoms with van der Waals surface area (Å²) in [5, 5.41) is 0. The van der Waals surface area contributed by atoms with Crippen molar-refractivity contribution in [2.24, 2.45) is 0 Å². The summed E-state index contributed by atoms with van der Waals surface area (Å²) in [6.45, 7) is 8.72. The third-order valence-corrected chi connectivity index (χ3v) is 2.06. The largest absolute Gasteiger partial charge is 0.494 e. The summed E-state index contributed by atoms with van der Waals surface area (Å²) in [6.07, 6.45) is 6.21. The van der Waals surface area contributed by atoms with E-state index in [-0.39, 0.29) is 0 Å². The maximum Gasteiger partial charge on any atom is 0.118 e. The van der Waals surface area contributed by atoms with Crippen LogP contribution in [0.2, 0.25) is 0 Å². The minimum atomic E-state index is 0.855. The van der Waals surface area contributed by atoms with Crippen LogP contribution in [0.4, 0.5) is 0 Å². The SMILES string of the molecule is C=C/C(C)=C\C1=C(C)CCCO1. The lowest BCUT2D eigenvalue weighted by Gasteiger charge is -2.16.